The number of rotatable bonds is 6. The van der Waals surface area contributed by atoms with E-state index < -0.39 is 0 Å². The van der Waals surface area contributed by atoms with E-state index in [-0.39, 0.29) is 6.04 Å². The van der Waals surface area contributed by atoms with E-state index in [1.165, 1.54) is 4.90 Å². The molecule has 0 spiro atoms. The molecule has 84 valence electrons. The molecule has 0 fully saturated rings. The molecule has 0 aliphatic rings. The first-order chi connectivity index (χ1) is 7.27. The van der Waals surface area contributed by atoms with E-state index in [0.717, 1.165) is 24.5 Å². The fourth-order valence-electron chi connectivity index (χ4n) is 1.15. The predicted octanol–water partition coefficient (Wildman–Crippen LogP) is 2.23. The number of hydrogen-bond donors (Lipinski definition) is 1. The molecule has 1 unspecified atom stereocenters. The Morgan fingerprint density at radius 3 is 2.87 bits per heavy atom. The van der Waals surface area contributed by atoms with Gasteiger partial charge in [-0.3, -0.25) is 4.98 Å². The Balaban J connectivity index is 2.49. The summed E-state index contributed by atoms with van der Waals surface area (Å²) in [5.74, 6) is 0.956. The minimum Gasteiger partial charge on any atom is -0.384 e. The van der Waals surface area contributed by atoms with Gasteiger partial charge in [-0.1, -0.05) is 6.92 Å². The molecule has 1 rings (SSSR count). The molecule has 0 aromatic carbocycles. The monoisotopic (exact) mass is 226 g/mol. The van der Waals surface area contributed by atoms with Crippen molar-refractivity contribution in [1.29, 1.82) is 0 Å². The van der Waals surface area contributed by atoms with Crippen LogP contribution in [0.15, 0.2) is 23.2 Å². The molecular formula is C11H18N2OS. The lowest BCUT2D eigenvalue weighted by atomic mass is 10.1. The van der Waals surface area contributed by atoms with Crippen molar-refractivity contribution in [3.8, 4) is 0 Å². The number of aromatic nitrogens is 1. The molecule has 1 aromatic rings. The number of thioether (sulfide) groups is 1. The largest absolute Gasteiger partial charge is 0.384 e. The number of pyridine rings is 1. The lowest BCUT2D eigenvalue weighted by molar-refractivity contribution is 0.218. The second-order valence-corrected chi connectivity index (χ2v) is 4.44. The number of ether oxygens (including phenoxy) is 1. The zero-order valence-corrected chi connectivity index (χ0v) is 10.1. The van der Waals surface area contributed by atoms with Crippen LogP contribution in [0.25, 0.3) is 0 Å². The van der Waals surface area contributed by atoms with Crippen LogP contribution in [-0.2, 0) is 4.74 Å². The second-order valence-electron chi connectivity index (χ2n) is 3.27. The highest BCUT2D eigenvalue weighted by Crippen LogP contribution is 2.18. The van der Waals surface area contributed by atoms with Gasteiger partial charge < -0.3 is 10.5 Å². The van der Waals surface area contributed by atoms with Gasteiger partial charge in [0.25, 0.3) is 0 Å². The van der Waals surface area contributed by atoms with Crippen molar-refractivity contribution in [1.82, 2.24) is 4.98 Å². The first-order valence-electron chi connectivity index (χ1n) is 5.11. The van der Waals surface area contributed by atoms with Crippen LogP contribution >= 0.6 is 11.8 Å². The lowest BCUT2D eigenvalue weighted by Gasteiger charge is -2.08. The summed E-state index contributed by atoms with van der Waals surface area (Å²) < 4.78 is 4.98. The first-order valence-corrected chi connectivity index (χ1v) is 6.09. The summed E-state index contributed by atoms with van der Waals surface area (Å²) >= 11 is 1.74. The molecule has 0 saturated heterocycles. The van der Waals surface area contributed by atoms with Crippen molar-refractivity contribution in [3.05, 3.63) is 24.0 Å². The third-order valence-corrected chi connectivity index (χ3v) is 3.08. The zero-order chi connectivity index (χ0) is 11.1. The summed E-state index contributed by atoms with van der Waals surface area (Å²) in [4.78, 5) is 5.51. The molecule has 3 nitrogen and oxygen atoms in total. The van der Waals surface area contributed by atoms with Crippen molar-refractivity contribution < 1.29 is 4.74 Å². The van der Waals surface area contributed by atoms with Gasteiger partial charge in [-0.2, -0.15) is 0 Å². The summed E-state index contributed by atoms with van der Waals surface area (Å²) in [5, 5.41) is 0. The molecule has 0 saturated carbocycles. The van der Waals surface area contributed by atoms with E-state index in [9.17, 15) is 0 Å². The number of hydrogen-bond acceptors (Lipinski definition) is 4. The van der Waals surface area contributed by atoms with Gasteiger partial charge in [-0.05, 0) is 18.6 Å². The average molecular weight is 226 g/mol. The van der Waals surface area contributed by atoms with Gasteiger partial charge in [0, 0.05) is 30.0 Å². The van der Waals surface area contributed by atoms with Crippen LogP contribution in [-0.4, -0.2) is 24.5 Å². The maximum Gasteiger partial charge on any atom is 0.0571 e. The molecular weight excluding hydrogens is 208 g/mol. The molecule has 0 aliphatic heterocycles. The first kappa shape index (κ1) is 12.5. The van der Waals surface area contributed by atoms with Gasteiger partial charge in [-0.15, -0.1) is 11.8 Å². The Labute approximate surface area is 95.4 Å². The van der Waals surface area contributed by atoms with Gasteiger partial charge in [0.2, 0.25) is 0 Å². The molecule has 0 amide bonds. The van der Waals surface area contributed by atoms with Crippen LogP contribution in [0.3, 0.4) is 0 Å². The van der Waals surface area contributed by atoms with E-state index in [1.807, 2.05) is 12.3 Å². The molecule has 2 N–H and O–H groups in total. The fourth-order valence-corrected chi connectivity index (χ4v) is 1.93. The normalized spacial score (nSPS) is 12.7. The average Bonchev–Trinajstić information content (AvgIpc) is 2.29. The van der Waals surface area contributed by atoms with Gasteiger partial charge in [0.05, 0.1) is 12.3 Å². The molecule has 1 atom stereocenters. The van der Waals surface area contributed by atoms with Crippen molar-refractivity contribution in [3.63, 3.8) is 0 Å². The summed E-state index contributed by atoms with van der Waals surface area (Å²) in [7, 11) is 1.71. The van der Waals surface area contributed by atoms with Gasteiger partial charge in [0.15, 0.2) is 0 Å². The van der Waals surface area contributed by atoms with Gasteiger partial charge in [0.1, 0.15) is 0 Å². The summed E-state index contributed by atoms with van der Waals surface area (Å²) in [6.45, 7) is 2.83. The Morgan fingerprint density at radius 2 is 2.33 bits per heavy atom. The van der Waals surface area contributed by atoms with E-state index in [0.29, 0.717) is 0 Å². The Kier molecular flexibility index (Phi) is 5.68. The highest BCUT2D eigenvalue weighted by molar-refractivity contribution is 7.99. The molecule has 4 heteroatoms. The number of nitrogens with two attached hydrogens (primary N) is 1. The van der Waals surface area contributed by atoms with Gasteiger partial charge in [-0.25, -0.2) is 0 Å². The van der Waals surface area contributed by atoms with Crippen LogP contribution < -0.4 is 5.73 Å². The molecule has 0 aliphatic carbocycles. The molecule has 1 heterocycles. The number of nitrogens with zero attached hydrogens (tertiary/aromatic N) is 1. The number of methoxy groups -OCH3 is 1. The van der Waals surface area contributed by atoms with Crippen LogP contribution in [0, 0.1) is 0 Å². The molecule has 0 bridgehead atoms. The maximum absolute atomic E-state index is 5.88. The van der Waals surface area contributed by atoms with Crippen LogP contribution in [0.1, 0.15) is 25.1 Å². The maximum atomic E-state index is 5.88. The van der Waals surface area contributed by atoms with Crippen LogP contribution in [0.2, 0.25) is 0 Å². The molecule has 1 aromatic heterocycles. The molecule has 15 heavy (non-hydrogen) atoms. The third kappa shape index (κ3) is 4.20. The molecule has 0 radical (unpaired) electrons. The summed E-state index contributed by atoms with van der Waals surface area (Å²) in [5.41, 5.74) is 6.84. The Bertz CT molecular complexity index is 276. The van der Waals surface area contributed by atoms with Crippen LogP contribution in [0.4, 0.5) is 0 Å². The fraction of sp³-hybridized carbons (Fsp3) is 0.545. The quantitative estimate of drug-likeness (QED) is 0.597. The van der Waals surface area contributed by atoms with E-state index in [2.05, 4.69) is 18.0 Å². The van der Waals surface area contributed by atoms with Crippen LogP contribution in [0.5, 0.6) is 0 Å². The van der Waals surface area contributed by atoms with E-state index in [1.54, 1.807) is 18.9 Å². The Morgan fingerprint density at radius 1 is 1.53 bits per heavy atom. The van der Waals surface area contributed by atoms with Crippen molar-refractivity contribution in [2.24, 2.45) is 5.73 Å². The van der Waals surface area contributed by atoms with Gasteiger partial charge >= 0.3 is 0 Å². The van der Waals surface area contributed by atoms with Crippen molar-refractivity contribution in [2.75, 3.05) is 19.5 Å². The summed E-state index contributed by atoms with van der Waals surface area (Å²) in [6.07, 6.45) is 2.80. The third-order valence-electron chi connectivity index (χ3n) is 2.14. The van der Waals surface area contributed by atoms with E-state index >= 15 is 0 Å². The highest BCUT2D eigenvalue weighted by Gasteiger charge is 2.04. The van der Waals surface area contributed by atoms with Crippen molar-refractivity contribution >= 4 is 11.8 Å². The summed E-state index contributed by atoms with van der Waals surface area (Å²) in [6, 6.07) is 4.13. The minimum absolute atomic E-state index is 0.0584. The SMILES string of the molecule is CCC(N)c1ccc(SCCOC)cn1. The topological polar surface area (TPSA) is 48.1 Å². The predicted molar refractivity (Wildman–Crippen MR) is 64.1 cm³/mol. The highest BCUT2D eigenvalue weighted by atomic mass is 32.2. The Hall–Kier alpha value is -0.580. The minimum atomic E-state index is 0.0584. The smallest absolute Gasteiger partial charge is 0.0571 e. The van der Waals surface area contributed by atoms with E-state index in [4.69, 9.17) is 10.5 Å². The standard InChI is InChI=1S/C11H18N2OS/c1-3-10(12)11-5-4-9(8-13-11)15-7-6-14-2/h4-5,8,10H,3,6-7,12H2,1-2H3. The second kappa shape index (κ2) is 6.82. The lowest BCUT2D eigenvalue weighted by Crippen LogP contribution is -2.10. The van der Waals surface area contributed by atoms with Crippen molar-refractivity contribution in [2.45, 2.75) is 24.3 Å². The zero-order valence-electron chi connectivity index (χ0n) is 9.27.